The van der Waals surface area contributed by atoms with Gasteiger partial charge in [-0.05, 0) is 36.7 Å². The number of anilines is 1. The van der Waals surface area contributed by atoms with Crippen LogP contribution < -0.4 is 19.1 Å². The van der Waals surface area contributed by atoms with Crippen molar-refractivity contribution in [3.8, 4) is 17.2 Å². The topological polar surface area (TPSA) is 77.8 Å². The van der Waals surface area contributed by atoms with Crippen molar-refractivity contribution in [1.29, 1.82) is 0 Å². The molecule has 1 saturated heterocycles. The van der Waals surface area contributed by atoms with Crippen LogP contribution in [0.5, 0.6) is 17.2 Å². The van der Waals surface area contributed by atoms with E-state index in [9.17, 15) is 0 Å². The lowest BCUT2D eigenvalue weighted by Gasteiger charge is -2.35. The van der Waals surface area contributed by atoms with Gasteiger partial charge in [0.05, 0.1) is 27.0 Å². The van der Waals surface area contributed by atoms with Crippen LogP contribution in [-0.2, 0) is 13.5 Å². The summed E-state index contributed by atoms with van der Waals surface area (Å²) in [5.74, 6) is 3.39. The maximum atomic E-state index is 5.50. The molecule has 0 N–H and O–H groups in total. The quantitative estimate of drug-likeness (QED) is 0.459. The van der Waals surface area contributed by atoms with E-state index in [0.717, 1.165) is 73.7 Å². The molecule has 1 aliphatic heterocycles. The van der Waals surface area contributed by atoms with Crippen LogP contribution in [-0.4, -0.2) is 78.7 Å². The molecule has 0 amide bonds. The minimum absolute atomic E-state index is 0.567. The van der Waals surface area contributed by atoms with Gasteiger partial charge in [0, 0.05) is 33.2 Å². The van der Waals surface area contributed by atoms with Crippen LogP contribution in [0.25, 0.3) is 23.2 Å². The second-order valence-electron chi connectivity index (χ2n) is 8.64. The van der Waals surface area contributed by atoms with E-state index in [4.69, 9.17) is 29.3 Å². The number of ether oxygens (including phenoxy) is 3. The average molecular weight is 481 g/mol. The van der Waals surface area contributed by atoms with E-state index in [1.807, 2.05) is 36.0 Å². The van der Waals surface area contributed by atoms with E-state index in [1.54, 1.807) is 21.3 Å². The summed E-state index contributed by atoms with van der Waals surface area (Å²) in [6, 6.07) is 3.82. The number of benzene rings is 1. The summed E-state index contributed by atoms with van der Waals surface area (Å²) >= 11 is 0. The lowest BCUT2D eigenvalue weighted by atomic mass is 10.1. The predicted molar refractivity (Wildman–Crippen MR) is 140 cm³/mol. The molecule has 0 bridgehead atoms. The minimum Gasteiger partial charge on any atom is -0.493 e. The van der Waals surface area contributed by atoms with Gasteiger partial charge < -0.3 is 24.0 Å². The smallest absolute Gasteiger partial charge is 0.203 e. The molecule has 3 heterocycles. The molecule has 0 atom stereocenters. The van der Waals surface area contributed by atoms with Gasteiger partial charge in [-0.2, -0.15) is 5.10 Å². The average Bonchev–Trinajstić information content (AvgIpc) is 3.21. The third-order valence-corrected chi connectivity index (χ3v) is 6.47. The first-order valence-corrected chi connectivity index (χ1v) is 12.2. The number of rotatable bonds is 9. The van der Waals surface area contributed by atoms with Crippen molar-refractivity contribution in [1.82, 2.24) is 24.6 Å². The molecule has 2 aromatic heterocycles. The molecule has 3 aromatic rings. The third-order valence-electron chi connectivity index (χ3n) is 6.47. The van der Waals surface area contributed by atoms with Gasteiger partial charge in [-0.15, -0.1) is 0 Å². The fourth-order valence-corrected chi connectivity index (χ4v) is 4.58. The summed E-state index contributed by atoms with van der Waals surface area (Å²) in [7, 11) is 6.82. The van der Waals surface area contributed by atoms with Crippen molar-refractivity contribution < 1.29 is 14.2 Å². The van der Waals surface area contributed by atoms with Crippen LogP contribution in [0.3, 0.4) is 0 Å². The van der Waals surface area contributed by atoms with Gasteiger partial charge in [0.25, 0.3) is 0 Å². The van der Waals surface area contributed by atoms with Crippen molar-refractivity contribution in [3.05, 3.63) is 29.2 Å². The van der Waals surface area contributed by atoms with Crippen molar-refractivity contribution in [2.24, 2.45) is 7.05 Å². The van der Waals surface area contributed by atoms with Gasteiger partial charge in [0.2, 0.25) is 5.75 Å². The van der Waals surface area contributed by atoms with Crippen LogP contribution in [0.15, 0.2) is 12.1 Å². The van der Waals surface area contributed by atoms with Crippen LogP contribution in [0.1, 0.15) is 37.4 Å². The molecule has 0 radical (unpaired) electrons. The van der Waals surface area contributed by atoms with Crippen molar-refractivity contribution >= 4 is 29.0 Å². The maximum Gasteiger partial charge on any atom is 0.203 e. The fraction of sp³-hybridized carbons (Fsp3) is 0.500. The second-order valence-corrected chi connectivity index (χ2v) is 8.64. The SMILES string of the molecule is CCCc1nn(C)c2c(N3CCN(CC)CC3)nc(/C=C/c3cc(OC)c(OC)c(OC)c3)nc12. The van der Waals surface area contributed by atoms with Crippen LogP contribution in [0, 0.1) is 0 Å². The Balaban J connectivity index is 1.76. The van der Waals surface area contributed by atoms with Gasteiger partial charge in [0.1, 0.15) is 11.0 Å². The molecule has 0 unspecified atom stereocenters. The first-order chi connectivity index (χ1) is 17.0. The minimum atomic E-state index is 0.567. The first-order valence-electron chi connectivity index (χ1n) is 12.2. The highest BCUT2D eigenvalue weighted by atomic mass is 16.5. The molecular weight excluding hydrogens is 444 g/mol. The Morgan fingerprint density at radius 2 is 1.60 bits per heavy atom. The summed E-state index contributed by atoms with van der Waals surface area (Å²) in [5.41, 5.74) is 3.86. The third kappa shape index (κ3) is 5.05. The lowest BCUT2D eigenvalue weighted by molar-refractivity contribution is 0.270. The maximum absolute atomic E-state index is 5.50. The van der Waals surface area contributed by atoms with Gasteiger partial charge in [-0.25, -0.2) is 9.97 Å². The van der Waals surface area contributed by atoms with Gasteiger partial charge in [0.15, 0.2) is 23.1 Å². The molecule has 188 valence electrons. The summed E-state index contributed by atoms with van der Waals surface area (Å²) in [4.78, 5) is 14.8. The van der Waals surface area contributed by atoms with Crippen LogP contribution in [0.4, 0.5) is 5.82 Å². The number of fused-ring (bicyclic) bond motifs is 1. The predicted octanol–water partition coefficient (Wildman–Crippen LogP) is 3.65. The van der Waals surface area contributed by atoms with E-state index < -0.39 is 0 Å². The number of methoxy groups -OCH3 is 3. The Morgan fingerprint density at radius 3 is 2.17 bits per heavy atom. The standard InChI is InChI=1S/C26H36N6O3/c1-7-9-19-23-24(30(3)29-19)26(32-14-12-31(8-2)13-15-32)28-22(27-23)11-10-18-16-20(33-4)25(35-6)21(17-18)34-5/h10-11,16-17H,7-9,12-15H2,1-6H3/b11-10+. The van der Waals surface area contributed by atoms with E-state index >= 15 is 0 Å². The van der Waals surface area contributed by atoms with Crippen molar-refractivity contribution in [2.45, 2.75) is 26.7 Å². The lowest BCUT2D eigenvalue weighted by Crippen LogP contribution is -2.46. The second kappa shape index (κ2) is 10.9. The Morgan fingerprint density at radius 1 is 0.914 bits per heavy atom. The number of aromatic nitrogens is 4. The Kier molecular flexibility index (Phi) is 7.75. The van der Waals surface area contributed by atoms with E-state index in [1.165, 1.54) is 0 Å². The molecule has 1 aromatic carbocycles. The van der Waals surface area contributed by atoms with Crippen molar-refractivity contribution in [3.63, 3.8) is 0 Å². The number of nitrogens with zero attached hydrogens (tertiary/aromatic N) is 6. The molecule has 9 heteroatoms. The van der Waals surface area contributed by atoms with Gasteiger partial charge >= 0.3 is 0 Å². The molecule has 1 fully saturated rings. The van der Waals surface area contributed by atoms with E-state index in [2.05, 4.69) is 23.6 Å². The largest absolute Gasteiger partial charge is 0.493 e. The van der Waals surface area contributed by atoms with E-state index in [-0.39, 0.29) is 0 Å². The van der Waals surface area contributed by atoms with Crippen LogP contribution in [0.2, 0.25) is 0 Å². The molecule has 9 nitrogen and oxygen atoms in total. The summed E-state index contributed by atoms with van der Waals surface area (Å²) in [6.45, 7) is 9.37. The molecule has 0 saturated carbocycles. The molecule has 35 heavy (non-hydrogen) atoms. The molecule has 0 aliphatic carbocycles. The molecule has 0 spiro atoms. The van der Waals surface area contributed by atoms with Gasteiger partial charge in [-0.3, -0.25) is 4.68 Å². The highest BCUT2D eigenvalue weighted by Gasteiger charge is 2.23. The Labute approximate surface area is 207 Å². The number of aryl methyl sites for hydroxylation is 2. The zero-order chi connectivity index (χ0) is 24.9. The van der Waals surface area contributed by atoms with E-state index in [0.29, 0.717) is 23.1 Å². The number of hydrogen-bond donors (Lipinski definition) is 0. The highest BCUT2D eigenvalue weighted by molar-refractivity contribution is 5.89. The number of hydrogen-bond acceptors (Lipinski definition) is 8. The normalized spacial score (nSPS) is 14.7. The molecule has 4 rings (SSSR count). The monoisotopic (exact) mass is 480 g/mol. The fourth-order valence-electron chi connectivity index (χ4n) is 4.58. The number of piperazine rings is 1. The van der Waals surface area contributed by atoms with Crippen molar-refractivity contribution in [2.75, 3.05) is 59.0 Å². The summed E-state index contributed by atoms with van der Waals surface area (Å²) in [6.07, 6.45) is 5.81. The zero-order valence-corrected chi connectivity index (χ0v) is 21.7. The molecular formula is C26H36N6O3. The molecule has 1 aliphatic rings. The number of likely N-dealkylation sites (N-methyl/N-ethyl adjacent to an activating group) is 1. The zero-order valence-electron chi connectivity index (χ0n) is 21.7. The highest BCUT2D eigenvalue weighted by Crippen LogP contribution is 2.38. The summed E-state index contributed by atoms with van der Waals surface area (Å²) in [5, 5.41) is 4.80. The Hall–Kier alpha value is -3.33. The summed E-state index contributed by atoms with van der Waals surface area (Å²) < 4.78 is 18.4. The first kappa shape index (κ1) is 24.8. The van der Waals surface area contributed by atoms with Gasteiger partial charge in [-0.1, -0.05) is 26.3 Å². The van der Waals surface area contributed by atoms with Crippen LogP contribution >= 0.6 is 0 Å². The Bertz CT molecular complexity index is 1170.